The molecule has 4 rings (SSSR count). The predicted molar refractivity (Wildman–Crippen MR) is 146 cm³/mol. The fraction of sp³-hybridized carbons (Fsp3) is 0.269. The molecule has 4 aromatic heterocycles. The van der Waals surface area contributed by atoms with Crippen LogP contribution in [0.2, 0.25) is 4.34 Å². The Labute approximate surface area is 227 Å². The Morgan fingerprint density at radius 2 is 1.95 bits per heavy atom. The molecule has 0 bridgehead atoms. The third kappa shape index (κ3) is 6.20. The minimum Gasteiger partial charge on any atom is -0.496 e. The average Bonchev–Trinajstić information content (AvgIpc) is 3.49. The van der Waals surface area contributed by atoms with Crippen molar-refractivity contribution in [1.29, 1.82) is 0 Å². The highest BCUT2D eigenvalue weighted by Crippen LogP contribution is 2.35. The van der Waals surface area contributed by atoms with Crippen LogP contribution in [0.15, 0.2) is 64.7 Å². The van der Waals surface area contributed by atoms with Crippen molar-refractivity contribution < 1.29 is 14.3 Å². The molecule has 4 heterocycles. The van der Waals surface area contributed by atoms with Crippen LogP contribution in [-0.2, 0) is 12.3 Å². The van der Waals surface area contributed by atoms with Gasteiger partial charge in [-0.15, -0.1) is 23.1 Å². The smallest absolute Gasteiger partial charge is 0.254 e. The van der Waals surface area contributed by atoms with Crippen molar-refractivity contribution in [3.05, 3.63) is 80.1 Å². The third-order valence-electron chi connectivity index (χ3n) is 5.35. The number of nitrogens with zero attached hydrogens (tertiary/aromatic N) is 4. The number of ether oxygens (including phenoxy) is 1. The standard InChI is InChI=1S/C26H25ClN4O4S2/c1-26(2,3)25(34)31-24(36-15-16-8-9-22(27)37-16)11-19(29-31)17-13-30(23(33)12-21(17)35-4)14-20(32)18-7-5-6-10-28-18/h5-13H,14-15H2,1-4H3. The molecule has 0 aliphatic heterocycles. The minimum atomic E-state index is -0.678. The molecule has 8 nitrogen and oxygen atoms in total. The Balaban J connectivity index is 1.74. The SMILES string of the molecule is COc1cc(=O)n(CC(=O)c2ccccn2)cc1-c1cc(SCc2ccc(Cl)s2)n(C(=O)C(C)(C)C)n1. The van der Waals surface area contributed by atoms with Gasteiger partial charge in [-0.25, -0.2) is 0 Å². The molecule has 0 saturated carbocycles. The van der Waals surface area contributed by atoms with E-state index in [1.807, 2.05) is 32.9 Å². The number of ketones is 1. The zero-order valence-corrected chi connectivity index (χ0v) is 23.1. The number of hydrogen-bond acceptors (Lipinski definition) is 8. The van der Waals surface area contributed by atoms with Crippen LogP contribution in [0.1, 0.15) is 40.9 Å². The molecule has 192 valence electrons. The van der Waals surface area contributed by atoms with Gasteiger partial charge in [0.1, 0.15) is 16.5 Å². The Morgan fingerprint density at radius 1 is 1.16 bits per heavy atom. The monoisotopic (exact) mass is 556 g/mol. The summed E-state index contributed by atoms with van der Waals surface area (Å²) < 4.78 is 8.85. The Morgan fingerprint density at radius 3 is 2.57 bits per heavy atom. The number of carbonyl (C=O) groups excluding carboxylic acids is 2. The molecular weight excluding hydrogens is 532 g/mol. The van der Waals surface area contributed by atoms with E-state index in [0.29, 0.717) is 32.1 Å². The van der Waals surface area contributed by atoms with E-state index in [-0.39, 0.29) is 23.9 Å². The molecule has 0 amide bonds. The van der Waals surface area contributed by atoms with Gasteiger partial charge in [-0.05, 0) is 30.3 Å². The number of aromatic nitrogens is 4. The van der Waals surface area contributed by atoms with Gasteiger partial charge in [-0.2, -0.15) is 9.78 Å². The molecule has 4 aromatic rings. The van der Waals surface area contributed by atoms with Gasteiger partial charge in [0.2, 0.25) is 5.78 Å². The molecule has 0 N–H and O–H groups in total. The molecule has 11 heteroatoms. The number of methoxy groups -OCH3 is 1. The number of rotatable bonds is 8. The lowest BCUT2D eigenvalue weighted by atomic mass is 9.96. The number of thioether (sulfide) groups is 1. The molecule has 0 atom stereocenters. The number of thiophene rings is 1. The summed E-state index contributed by atoms with van der Waals surface area (Å²) in [5, 5.41) is 5.25. The summed E-state index contributed by atoms with van der Waals surface area (Å²) in [5.74, 6) is 0.414. The topological polar surface area (TPSA) is 96.1 Å². The first-order valence-electron chi connectivity index (χ1n) is 11.3. The van der Waals surface area contributed by atoms with Gasteiger partial charge in [0.15, 0.2) is 0 Å². The van der Waals surface area contributed by atoms with E-state index in [0.717, 1.165) is 4.88 Å². The summed E-state index contributed by atoms with van der Waals surface area (Å²) in [6.07, 6.45) is 3.06. The molecule has 0 aliphatic carbocycles. The third-order valence-corrected chi connectivity index (χ3v) is 7.81. The normalized spacial score (nSPS) is 11.5. The van der Waals surface area contributed by atoms with E-state index in [1.54, 1.807) is 24.3 Å². The van der Waals surface area contributed by atoms with E-state index in [9.17, 15) is 14.4 Å². The summed E-state index contributed by atoms with van der Waals surface area (Å²) in [5.41, 5.74) is 0.110. The van der Waals surface area contributed by atoms with Crippen molar-refractivity contribution in [3.8, 4) is 17.0 Å². The molecule has 0 unspecified atom stereocenters. The van der Waals surface area contributed by atoms with Crippen LogP contribution in [0.5, 0.6) is 5.75 Å². The molecule has 0 radical (unpaired) electrons. The minimum absolute atomic E-state index is 0.178. The van der Waals surface area contributed by atoms with Gasteiger partial charge in [-0.1, -0.05) is 38.4 Å². The van der Waals surface area contributed by atoms with Crippen LogP contribution >= 0.6 is 34.7 Å². The lowest BCUT2D eigenvalue weighted by Crippen LogP contribution is -2.28. The van der Waals surface area contributed by atoms with E-state index in [2.05, 4.69) is 10.1 Å². The van der Waals surface area contributed by atoms with Gasteiger partial charge in [0, 0.05) is 34.5 Å². The van der Waals surface area contributed by atoms with Crippen molar-refractivity contribution in [1.82, 2.24) is 19.3 Å². The average molecular weight is 557 g/mol. The van der Waals surface area contributed by atoms with Crippen LogP contribution < -0.4 is 10.3 Å². The zero-order valence-electron chi connectivity index (χ0n) is 20.7. The van der Waals surface area contributed by atoms with Crippen molar-refractivity contribution in [2.45, 2.75) is 38.1 Å². The molecule has 0 spiro atoms. The van der Waals surface area contributed by atoms with Crippen LogP contribution in [0, 0.1) is 5.41 Å². The summed E-state index contributed by atoms with van der Waals surface area (Å²) in [4.78, 5) is 43.8. The summed E-state index contributed by atoms with van der Waals surface area (Å²) in [6, 6.07) is 11.9. The van der Waals surface area contributed by atoms with Crippen LogP contribution in [0.4, 0.5) is 0 Å². The lowest BCUT2D eigenvalue weighted by molar-refractivity contribution is 0.0736. The quantitative estimate of drug-likeness (QED) is 0.203. The number of Topliss-reactive ketones (excluding diaryl/α,β-unsaturated/α-hetero) is 1. The van der Waals surface area contributed by atoms with E-state index < -0.39 is 11.0 Å². The molecular formula is C26H25ClN4O4S2. The van der Waals surface area contributed by atoms with Crippen LogP contribution in [0.25, 0.3) is 11.3 Å². The molecule has 0 aliphatic rings. The van der Waals surface area contributed by atoms with Crippen molar-refractivity contribution >= 4 is 46.4 Å². The first kappa shape index (κ1) is 26.8. The first-order valence-corrected chi connectivity index (χ1v) is 13.5. The maximum atomic E-state index is 13.3. The van der Waals surface area contributed by atoms with Crippen LogP contribution in [-0.4, -0.2) is 38.1 Å². The van der Waals surface area contributed by atoms with Gasteiger partial charge >= 0.3 is 0 Å². The van der Waals surface area contributed by atoms with Gasteiger partial charge < -0.3 is 9.30 Å². The van der Waals surface area contributed by atoms with Gasteiger partial charge in [0.05, 0.1) is 29.2 Å². The molecule has 0 fully saturated rings. The number of hydrogen-bond donors (Lipinski definition) is 0. The van der Waals surface area contributed by atoms with Crippen molar-refractivity contribution in [2.75, 3.05) is 7.11 Å². The Bertz CT molecular complexity index is 1500. The highest BCUT2D eigenvalue weighted by atomic mass is 35.5. The largest absolute Gasteiger partial charge is 0.496 e. The number of carbonyl (C=O) groups is 2. The van der Waals surface area contributed by atoms with Gasteiger partial charge in [0.25, 0.3) is 11.5 Å². The van der Waals surface area contributed by atoms with Crippen molar-refractivity contribution in [3.63, 3.8) is 0 Å². The number of halogens is 1. The fourth-order valence-corrected chi connectivity index (χ4v) is 5.56. The Kier molecular flexibility index (Phi) is 8.01. The Hall–Kier alpha value is -3.21. The first-order chi connectivity index (χ1) is 17.6. The molecule has 37 heavy (non-hydrogen) atoms. The van der Waals surface area contributed by atoms with E-state index in [4.69, 9.17) is 16.3 Å². The summed E-state index contributed by atoms with van der Waals surface area (Å²) in [6.45, 7) is 5.28. The second kappa shape index (κ2) is 11.0. The lowest BCUT2D eigenvalue weighted by Gasteiger charge is -2.17. The maximum Gasteiger partial charge on any atom is 0.254 e. The highest BCUT2D eigenvalue weighted by Gasteiger charge is 2.28. The summed E-state index contributed by atoms with van der Waals surface area (Å²) in [7, 11) is 1.45. The van der Waals surface area contributed by atoms with E-state index in [1.165, 1.54) is 57.9 Å². The van der Waals surface area contributed by atoms with E-state index >= 15 is 0 Å². The zero-order chi connectivity index (χ0) is 26.7. The molecule has 0 aromatic carbocycles. The van der Waals surface area contributed by atoms with Gasteiger partial charge in [-0.3, -0.25) is 19.4 Å². The maximum absolute atomic E-state index is 13.3. The summed E-state index contributed by atoms with van der Waals surface area (Å²) >= 11 is 9.01. The van der Waals surface area contributed by atoms with Crippen LogP contribution in [0.3, 0.4) is 0 Å². The fourth-order valence-electron chi connectivity index (χ4n) is 3.44. The number of pyridine rings is 2. The second-order valence-corrected chi connectivity index (χ2v) is 12.0. The molecule has 0 saturated heterocycles. The highest BCUT2D eigenvalue weighted by molar-refractivity contribution is 7.98. The second-order valence-electron chi connectivity index (χ2n) is 9.19. The van der Waals surface area contributed by atoms with Crippen molar-refractivity contribution in [2.24, 2.45) is 5.41 Å². The predicted octanol–water partition coefficient (Wildman–Crippen LogP) is 5.69.